The van der Waals surface area contributed by atoms with E-state index in [2.05, 4.69) is 20.3 Å². The number of Topliss-reactive ketones (excluding diaryl/α,β-unsaturated/α-hetero) is 1. The minimum absolute atomic E-state index is 0.120. The zero-order valence-electron chi connectivity index (χ0n) is 22.7. The number of ketones is 1. The van der Waals surface area contributed by atoms with Crippen LogP contribution < -0.4 is 5.32 Å². The fourth-order valence-electron chi connectivity index (χ4n) is 4.86. The molecule has 0 bridgehead atoms. The Morgan fingerprint density at radius 3 is 2.29 bits per heavy atom. The number of imidazole rings is 1. The third-order valence-electron chi connectivity index (χ3n) is 7.08. The first-order chi connectivity index (χ1) is 20.2. The first-order valence-corrected chi connectivity index (χ1v) is 15.2. The van der Waals surface area contributed by atoms with E-state index in [4.69, 9.17) is 0 Å². The molecule has 8 nitrogen and oxygen atoms in total. The van der Waals surface area contributed by atoms with E-state index in [-0.39, 0.29) is 28.7 Å². The molecular formula is C33H26N4O4S. The van der Waals surface area contributed by atoms with Crippen molar-refractivity contribution in [2.75, 3.05) is 11.6 Å². The van der Waals surface area contributed by atoms with Gasteiger partial charge >= 0.3 is 0 Å². The number of benzene rings is 4. The maximum atomic E-state index is 13.6. The van der Waals surface area contributed by atoms with Crippen molar-refractivity contribution in [1.82, 2.24) is 15.0 Å². The van der Waals surface area contributed by atoms with Gasteiger partial charge in [0.2, 0.25) is 5.95 Å². The van der Waals surface area contributed by atoms with E-state index in [0.29, 0.717) is 23.0 Å². The van der Waals surface area contributed by atoms with Crippen LogP contribution in [0.3, 0.4) is 0 Å². The highest BCUT2D eigenvalue weighted by Gasteiger charge is 2.19. The van der Waals surface area contributed by atoms with Crippen molar-refractivity contribution in [3.63, 3.8) is 0 Å². The number of nitrogens with zero attached hydrogens (tertiary/aromatic N) is 2. The molecule has 2 aromatic heterocycles. The lowest BCUT2D eigenvalue weighted by molar-refractivity contribution is 0.0982. The minimum Gasteiger partial charge on any atom is -0.324 e. The smallest absolute Gasteiger partial charge is 0.276 e. The lowest BCUT2D eigenvalue weighted by Crippen LogP contribution is -2.14. The van der Waals surface area contributed by atoms with Gasteiger partial charge < -0.3 is 4.98 Å². The van der Waals surface area contributed by atoms with Crippen LogP contribution in [0.4, 0.5) is 5.95 Å². The van der Waals surface area contributed by atoms with E-state index in [1.54, 1.807) is 36.5 Å². The molecule has 1 amide bonds. The molecule has 0 aliphatic rings. The Balaban J connectivity index is 1.30. The number of anilines is 1. The highest BCUT2D eigenvalue weighted by Crippen LogP contribution is 2.29. The maximum absolute atomic E-state index is 13.6. The second-order valence-electron chi connectivity index (χ2n) is 10.1. The quantitative estimate of drug-likeness (QED) is 0.207. The van der Waals surface area contributed by atoms with Crippen molar-refractivity contribution in [2.45, 2.75) is 17.7 Å². The molecule has 0 saturated heterocycles. The number of sulfone groups is 1. The Morgan fingerprint density at radius 2 is 1.55 bits per heavy atom. The number of fused-ring (bicyclic) bond motifs is 2. The van der Waals surface area contributed by atoms with E-state index >= 15 is 0 Å². The maximum Gasteiger partial charge on any atom is 0.276 e. The first-order valence-electron chi connectivity index (χ1n) is 13.3. The number of amides is 1. The van der Waals surface area contributed by atoms with Gasteiger partial charge in [0.25, 0.3) is 5.91 Å². The van der Waals surface area contributed by atoms with Gasteiger partial charge in [0, 0.05) is 29.8 Å². The van der Waals surface area contributed by atoms with Gasteiger partial charge in [0.05, 0.1) is 10.4 Å². The standard InChI is InChI=1S/C33H26N4O4S/c1-42(40,41)26-14-11-21(12-15-26)13-16-30(38)27-17-25(22-7-3-2-4-8-22)19-28-31(27)36-33(35-28)37-32(39)29-18-23-9-5-6-10-24(23)20-34-29/h2-12,14-15,17-20H,13,16H2,1H3,(H2,35,36,37,39). The number of hydrogen-bond donors (Lipinski definition) is 2. The summed E-state index contributed by atoms with van der Waals surface area (Å²) >= 11 is 0. The van der Waals surface area contributed by atoms with Crippen LogP contribution in [-0.4, -0.2) is 41.3 Å². The van der Waals surface area contributed by atoms with Gasteiger partial charge in [0.15, 0.2) is 15.6 Å². The summed E-state index contributed by atoms with van der Waals surface area (Å²) in [6, 6.07) is 29.4. The molecule has 6 rings (SSSR count). The molecule has 0 aliphatic carbocycles. The van der Waals surface area contributed by atoms with E-state index in [0.717, 1.165) is 33.7 Å². The van der Waals surface area contributed by atoms with Crippen molar-refractivity contribution in [2.24, 2.45) is 0 Å². The van der Waals surface area contributed by atoms with Crippen LogP contribution in [0.15, 0.2) is 108 Å². The Kier molecular flexibility index (Phi) is 7.10. The Labute approximate surface area is 242 Å². The Hall–Kier alpha value is -5.15. The van der Waals surface area contributed by atoms with Gasteiger partial charge in [0.1, 0.15) is 11.2 Å². The van der Waals surface area contributed by atoms with E-state index < -0.39 is 15.7 Å². The molecule has 4 aromatic carbocycles. The fourth-order valence-corrected chi connectivity index (χ4v) is 5.49. The topological polar surface area (TPSA) is 122 Å². The van der Waals surface area contributed by atoms with Crippen molar-refractivity contribution >= 4 is 49.3 Å². The van der Waals surface area contributed by atoms with Crippen LogP contribution in [0.25, 0.3) is 32.9 Å². The number of H-pyrrole nitrogens is 1. The predicted octanol–water partition coefficient (Wildman–Crippen LogP) is 6.25. The monoisotopic (exact) mass is 574 g/mol. The molecule has 2 heterocycles. The summed E-state index contributed by atoms with van der Waals surface area (Å²) in [6.45, 7) is 0. The van der Waals surface area contributed by atoms with Crippen LogP contribution in [0.2, 0.25) is 0 Å². The second-order valence-corrected chi connectivity index (χ2v) is 12.1. The third kappa shape index (κ3) is 5.68. The normalized spacial score (nSPS) is 11.5. The summed E-state index contributed by atoms with van der Waals surface area (Å²) in [7, 11) is -3.30. The number of aromatic amines is 1. The number of carbonyl (C=O) groups excluding carboxylic acids is 2. The van der Waals surface area contributed by atoms with Gasteiger partial charge in [-0.05, 0) is 58.8 Å². The Morgan fingerprint density at radius 1 is 0.833 bits per heavy atom. The lowest BCUT2D eigenvalue weighted by atomic mass is 9.97. The van der Waals surface area contributed by atoms with Crippen molar-refractivity contribution in [1.29, 1.82) is 0 Å². The summed E-state index contributed by atoms with van der Waals surface area (Å²) in [6.07, 6.45) is 3.44. The van der Waals surface area contributed by atoms with Crippen LogP contribution in [0, 0.1) is 0 Å². The summed E-state index contributed by atoms with van der Waals surface area (Å²) in [4.78, 5) is 38.9. The molecule has 0 atom stereocenters. The molecule has 42 heavy (non-hydrogen) atoms. The van der Waals surface area contributed by atoms with Gasteiger partial charge in [-0.15, -0.1) is 0 Å². The molecule has 0 saturated carbocycles. The number of carbonyl (C=O) groups is 2. The van der Waals surface area contributed by atoms with Crippen LogP contribution in [0.1, 0.15) is 32.8 Å². The van der Waals surface area contributed by atoms with Crippen molar-refractivity contribution < 1.29 is 18.0 Å². The second kappa shape index (κ2) is 11.0. The summed E-state index contributed by atoms with van der Waals surface area (Å²) < 4.78 is 23.6. The first kappa shape index (κ1) is 27.0. The molecule has 6 aromatic rings. The van der Waals surface area contributed by atoms with Gasteiger partial charge in [-0.3, -0.25) is 19.9 Å². The average Bonchev–Trinajstić information content (AvgIpc) is 3.41. The van der Waals surface area contributed by atoms with Crippen molar-refractivity contribution in [3.05, 3.63) is 120 Å². The Bertz CT molecular complexity index is 2070. The SMILES string of the molecule is CS(=O)(=O)c1ccc(CCC(=O)c2cc(-c3ccccc3)cc3[nH]c(NC(=O)c4cc5ccccc5cn4)nc23)cc1. The minimum atomic E-state index is -3.30. The number of nitrogens with one attached hydrogen (secondary N) is 2. The lowest BCUT2D eigenvalue weighted by Gasteiger charge is -2.08. The molecule has 9 heteroatoms. The van der Waals surface area contributed by atoms with Gasteiger partial charge in [-0.2, -0.15) is 0 Å². The molecule has 0 unspecified atom stereocenters. The zero-order chi connectivity index (χ0) is 29.3. The van der Waals surface area contributed by atoms with Crippen LogP contribution in [-0.2, 0) is 16.3 Å². The largest absolute Gasteiger partial charge is 0.324 e. The third-order valence-corrected chi connectivity index (χ3v) is 8.21. The van der Waals surface area contributed by atoms with Gasteiger partial charge in [-0.25, -0.2) is 13.4 Å². The van der Waals surface area contributed by atoms with Crippen LogP contribution >= 0.6 is 0 Å². The molecular weight excluding hydrogens is 548 g/mol. The number of aromatic nitrogens is 3. The molecule has 0 fully saturated rings. The van der Waals surface area contributed by atoms with E-state index in [1.165, 1.54) is 0 Å². The predicted molar refractivity (Wildman–Crippen MR) is 163 cm³/mol. The molecule has 0 spiro atoms. The molecule has 0 aliphatic heterocycles. The molecule has 0 radical (unpaired) electrons. The van der Waals surface area contributed by atoms with Crippen molar-refractivity contribution in [3.8, 4) is 11.1 Å². The summed E-state index contributed by atoms with van der Waals surface area (Å²) in [5.74, 6) is -0.334. The number of hydrogen-bond acceptors (Lipinski definition) is 6. The van der Waals surface area contributed by atoms with E-state index in [9.17, 15) is 18.0 Å². The number of rotatable bonds is 8. The fraction of sp³-hybridized carbons (Fsp3) is 0.0909. The van der Waals surface area contributed by atoms with Crippen LogP contribution in [0.5, 0.6) is 0 Å². The highest BCUT2D eigenvalue weighted by atomic mass is 32.2. The molecule has 2 N–H and O–H groups in total. The summed E-state index contributed by atoms with van der Waals surface area (Å²) in [5.41, 5.74) is 4.36. The number of pyridine rings is 1. The average molecular weight is 575 g/mol. The summed E-state index contributed by atoms with van der Waals surface area (Å²) in [5, 5.41) is 4.61. The zero-order valence-corrected chi connectivity index (χ0v) is 23.5. The number of aryl methyl sites for hydroxylation is 1. The molecule has 208 valence electrons. The highest BCUT2D eigenvalue weighted by molar-refractivity contribution is 7.90. The van der Waals surface area contributed by atoms with E-state index in [1.807, 2.05) is 66.7 Å². The van der Waals surface area contributed by atoms with Gasteiger partial charge in [-0.1, -0.05) is 66.7 Å².